The zero-order chi connectivity index (χ0) is 23.1. The number of rotatable bonds is 9. The Bertz CT molecular complexity index is 878. The minimum absolute atomic E-state index is 0.251. The summed E-state index contributed by atoms with van der Waals surface area (Å²) >= 11 is 0. The molecule has 178 valence electrons. The van der Waals surface area contributed by atoms with E-state index in [1.807, 2.05) is 0 Å². The highest BCUT2D eigenvalue weighted by molar-refractivity contribution is 5.30. The predicted octanol–water partition coefficient (Wildman–Crippen LogP) is 8.12. The molecule has 2 aromatic rings. The van der Waals surface area contributed by atoms with E-state index in [1.54, 1.807) is 0 Å². The average molecular weight is 447 g/mol. The molecule has 0 spiro atoms. The molecule has 0 N–H and O–H groups in total. The lowest BCUT2D eigenvalue weighted by Gasteiger charge is -2.57. The number of hydrogen-bond acceptors (Lipinski definition) is 2. The van der Waals surface area contributed by atoms with Crippen molar-refractivity contribution in [3.05, 3.63) is 65.7 Å². The van der Waals surface area contributed by atoms with E-state index in [1.165, 1.54) is 49.7 Å². The van der Waals surface area contributed by atoms with Crippen LogP contribution in [0.25, 0.3) is 0 Å². The fraction of sp³-hybridized carbons (Fsp3) is 0.613. The highest BCUT2D eigenvalue weighted by atomic mass is 16.7. The Labute approximate surface area is 201 Å². The lowest BCUT2D eigenvalue weighted by atomic mass is 9.50. The van der Waals surface area contributed by atoms with Gasteiger partial charge in [-0.25, -0.2) is 0 Å². The standard InChI is InChI=1S/C31H42O2/c1-5-22(2)26-11-13-28(14-12-26)33-29(30(3,4)27-9-7-6-8-10-27)32-21-31-18-23-15-24(19-31)17-25(16-23)20-31/h6-14,22-25,29H,5,15-21H2,1-4H3. The van der Waals surface area contributed by atoms with E-state index in [0.717, 1.165) is 36.5 Å². The van der Waals surface area contributed by atoms with Gasteiger partial charge in [-0.15, -0.1) is 0 Å². The van der Waals surface area contributed by atoms with E-state index in [4.69, 9.17) is 9.47 Å². The van der Waals surface area contributed by atoms with E-state index in [2.05, 4.69) is 82.3 Å². The Morgan fingerprint density at radius 3 is 2.00 bits per heavy atom. The van der Waals surface area contributed by atoms with Gasteiger partial charge in [-0.05, 0) is 111 Å². The predicted molar refractivity (Wildman–Crippen MR) is 136 cm³/mol. The summed E-state index contributed by atoms with van der Waals surface area (Å²) in [5, 5.41) is 0. The fourth-order valence-corrected chi connectivity index (χ4v) is 7.35. The molecule has 2 nitrogen and oxygen atoms in total. The molecule has 4 saturated carbocycles. The van der Waals surface area contributed by atoms with Crippen LogP contribution >= 0.6 is 0 Å². The van der Waals surface area contributed by atoms with Crippen LogP contribution in [0, 0.1) is 23.2 Å². The first-order valence-corrected chi connectivity index (χ1v) is 13.3. The molecule has 0 radical (unpaired) electrons. The second-order valence-electron chi connectivity index (χ2n) is 12.1. The Balaban J connectivity index is 1.36. The molecule has 0 amide bonds. The number of ether oxygens (including phenoxy) is 2. The Hall–Kier alpha value is -1.80. The average Bonchev–Trinajstić information content (AvgIpc) is 2.81. The van der Waals surface area contributed by atoms with Gasteiger partial charge in [0.2, 0.25) is 6.29 Å². The van der Waals surface area contributed by atoms with Gasteiger partial charge in [-0.1, -0.05) is 56.3 Å². The van der Waals surface area contributed by atoms with E-state index < -0.39 is 0 Å². The summed E-state index contributed by atoms with van der Waals surface area (Å²) in [6.45, 7) is 9.89. The molecular weight excluding hydrogens is 404 g/mol. The van der Waals surface area contributed by atoms with Crippen molar-refractivity contribution in [3.63, 3.8) is 0 Å². The lowest BCUT2D eigenvalue weighted by Crippen LogP contribution is -2.50. The molecule has 6 rings (SSSR count). The highest BCUT2D eigenvalue weighted by Crippen LogP contribution is 2.60. The quantitative estimate of drug-likeness (QED) is 0.362. The molecule has 4 fully saturated rings. The smallest absolute Gasteiger partial charge is 0.209 e. The summed E-state index contributed by atoms with van der Waals surface area (Å²) in [5.41, 5.74) is 2.76. The van der Waals surface area contributed by atoms with Crippen LogP contribution in [0.15, 0.2) is 54.6 Å². The molecule has 0 saturated heterocycles. The van der Waals surface area contributed by atoms with E-state index in [9.17, 15) is 0 Å². The summed E-state index contributed by atoms with van der Waals surface area (Å²) < 4.78 is 13.5. The van der Waals surface area contributed by atoms with Gasteiger partial charge in [0.25, 0.3) is 0 Å². The Morgan fingerprint density at radius 1 is 0.879 bits per heavy atom. The van der Waals surface area contributed by atoms with Gasteiger partial charge in [0.1, 0.15) is 5.75 Å². The van der Waals surface area contributed by atoms with Crippen molar-refractivity contribution in [2.45, 2.75) is 90.3 Å². The monoisotopic (exact) mass is 446 g/mol. The molecule has 33 heavy (non-hydrogen) atoms. The van der Waals surface area contributed by atoms with Gasteiger partial charge in [0.15, 0.2) is 0 Å². The van der Waals surface area contributed by atoms with Crippen molar-refractivity contribution in [2.24, 2.45) is 23.2 Å². The Morgan fingerprint density at radius 2 is 1.45 bits per heavy atom. The van der Waals surface area contributed by atoms with Crippen LogP contribution in [0.2, 0.25) is 0 Å². The molecule has 0 aromatic heterocycles. The van der Waals surface area contributed by atoms with E-state index >= 15 is 0 Å². The highest BCUT2D eigenvalue weighted by Gasteiger charge is 2.51. The Kier molecular flexibility index (Phi) is 6.33. The van der Waals surface area contributed by atoms with Crippen LogP contribution in [0.1, 0.15) is 89.7 Å². The molecule has 2 aromatic carbocycles. The summed E-state index contributed by atoms with van der Waals surface area (Å²) in [6.07, 6.45) is 9.33. The third kappa shape index (κ3) is 4.74. The summed E-state index contributed by atoms with van der Waals surface area (Å²) in [6, 6.07) is 19.4. The molecule has 2 unspecified atom stereocenters. The molecule has 2 heteroatoms. The van der Waals surface area contributed by atoms with Crippen molar-refractivity contribution in [1.29, 1.82) is 0 Å². The van der Waals surface area contributed by atoms with Crippen molar-refractivity contribution >= 4 is 0 Å². The first kappa shape index (κ1) is 23.0. The maximum absolute atomic E-state index is 6.83. The molecule has 4 bridgehead atoms. The zero-order valence-electron chi connectivity index (χ0n) is 21.1. The topological polar surface area (TPSA) is 18.5 Å². The molecule has 0 aliphatic heterocycles. The normalized spacial score (nSPS) is 30.2. The molecular formula is C31H42O2. The third-order valence-electron chi connectivity index (χ3n) is 9.12. The van der Waals surface area contributed by atoms with Crippen LogP contribution in [-0.4, -0.2) is 12.9 Å². The molecule has 4 aliphatic rings. The summed E-state index contributed by atoms with van der Waals surface area (Å²) in [4.78, 5) is 0. The second kappa shape index (κ2) is 9.10. The van der Waals surface area contributed by atoms with E-state index in [-0.39, 0.29) is 11.7 Å². The zero-order valence-corrected chi connectivity index (χ0v) is 21.1. The number of hydrogen-bond donors (Lipinski definition) is 0. The van der Waals surface area contributed by atoms with E-state index in [0.29, 0.717) is 11.3 Å². The SMILES string of the molecule is CCC(C)c1ccc(OC(OCC23CC4CC(CC(C4)C2)C3)C(C)(C)c2ccccc2)cc1. The van der Waals surface area contributed by atoms with Crippen LogP contribution in [0.5, 0.6) is 5.75 Å². The van der Waals surface area contributed by atoms with Gasteiger partial charge < -0.3 is 9.47 Å². The maximum Gasteiger partial charge on any atom is 0.209 e. The molecule has 4 aliphatic carbocycles. The van der Waals surface area contributed by atoms with Crippen molar-refractivity contribution < 1.29 is 9.47 Å². The first-order valence-electron chi connectivity index (χ1n) is 13.3. The van der Waals surface area contributed by atoms with Crippen LogP contribution in [0.3, 0.4) is 0 Å². The van der Waals surface area contributed by atoms with Crippen LogP contribution in [0.4, 0.5) is 0 Å². The fourth-order valence-electron chi connectivity index (χ4n) is 7.35. The van der Waals surface area contributed by atoms with Gasteiger partial charge >= 0.3 is 0 Å². The molecule has 2 atom stereocenters. The summed E-state index contributed by atoms with van der Waals surface area (Å²) in [7, 11) is 0. The van der Waals surface area contributed by atoms with Gasteiger partial charge in [0, 0.05) is 0 Å². The summed E-state index contributed by atoms with van der Waals surface area (Å²) in [5.74, 6) is 4.29. The first-order chi connectivity index (χ1) is 15.9. The largest absolute Gasteiger partial charge is 0.464 e. The van der Waals surface area contributed by atoms with Crippen LogP contribution < -0.4 is 4.74 Å². The minimum atomic E-state index is -0.317. The molecule has 0 heterocycles. The van der Waals surface area contributed by atoms with Crippen molar-refractivity contribution in [1.82, 2.24) is 0 Å². The lowest BCUT2D eigenvalue weighted by molar-refractivity contribution is -0.174. The van der Waals surface area contributed by atoms with Gasteiger partial charge in [-0.3, -0.25) is 0 Å². The minimum Gasteiger partial charge on any atom is -0.464 e. The van der Waals surface area contributed by atoms with Gasteiger partial charge in [-0.2, -0.15) is 0 Å². The van der Waals surface area contributed by atoms with Crippen molar-refractivity contribution in [3.8, 4) is 5.75 Å². The second-order valence-corrected chi connectivity index (χ2v) is 12.1. The van der Waals surface area contributed by atoms with Crippen molar-refractivity contribution in [2.75, 3.05) is 6.61 Å². The van der Waals surface area contributed by atoms with Crippen LogP contribution in [-0.2, 0) is 10.2 Å². The van der Waals surface area contributed by atoms with Gasteiger partial charge in [0.05, 0.1) is 12.0 Å². The number of benzene rings is 2. The maximum atomic E-state index is 6.83. The third-order valence-corrected chi connectivity index (χ3v) is 9.12.